The number of carbonyl (C=O) groups is 1. The Bertz CT molecular complexity index is 814. The van der Waals surface area contributed by atoms with Crippen LogP contribution >= 0.6 is 0 Å². The number of nitrogens with zero attached hydrogens (tertiary/aromatic N) is 1. The van der Waals surface area contributed by atoms with Crippen molar-refractivity contribution in [3.63, 3.8) is 0 Å². The maximum absolute atomic E-state index is 11.8. The highest BCUT2D eigenvalue weighted by molar-refractivity contribution is 5.91. The number of amides is 1. The number of benzene rings is 2. The topological polar surface area (TPSA) is 57.8 Å². The van der Waals surface area contributed by atoms with E-state index in [1.54, 1.807) is 6.08 Å². The molecule has 0 bridgehead atoms. The molecular weight excluding hydrogens is 298 g/mol. The van der Waals surface area contributed by atoms with Crippen molar-refractivity contribution in [2.75, 3.05) is 6.54 Å². The molecule has 1 amide bonds. The summed E-state index contributed by atoms with van der Waals surface area (Å²) in [7, 11) is 0. The van der Waals surface area contributed by atoms with Gasteiger partial charge in [-0.1, -0.05) is 42.0 Å². The Morgan fingerprint density at radius 2 is 1.96 bits per heavy atom. The van der Waals surface area contributed by atoms with Crippen molar-refractivity contribution >= 4 is 23.0 Å². The normalized spacial score (nSPS) is 11.2. The first-order valence-electron chi connectivity index (χ1n) is 8.17. The molecule has 4 heteroatoms. The first-order valence-corrected chi connectivity index (χ1v) is 8.17. The summed E-state index contributed by atoms with van der Waals surface area (Å²) in [5.41, 5.74) is 4.27. The van der Waals surface area contributed by atoms with E-state index in [0.29, 0.717) is 6.54 Å². The Hall–Kier alpha value is -2.88. The summed E-state index contributed by atoms with van der Waals surface area (Å²) < 4.78 is 0. The number of hydrogen-bond acceptors (Lipinski definition) is 2. The number of fused-ring (bicyclic) bond motifs is 1. The predicted molar refractivity (Wildman–Crippen MR) is 97.6 cm³/mol. The maximum atomic E-state index is 11.8. The van der Waals surface area contributed by atoms with Crippen LogP contribution in [0.25, 0.3) is 17.1 Å². The number of carbonyl (C=O) groups excluding carboxylic acids is 1. The van der Waals surface area contributed by atoms with E-state index in [4.69, 9.17) is 0 Å². The Balaban J connectivity index is 1.42. The van der Waals surface area contributed by atoms with Gasteiger partial charge in [0.25, 0.3) is 0 Å². The van der Waals surface area contributed by atoms with Gasteiger partial charge in [0.15, 0.2) is 0 Å². The number of aromatic amines is 1. The lowest BCUT2D eigenvalue weighted by Crippen LogP contribution is -2.22. The van der Waals surface area contributed by atoms with Crippen molar-refractivity contribution in [2.24, 2.45) is 0 Å². The zero-order valence-corrected chi connectivity index (χ0v) is 13.8. The summed E-state index contributed by atoms with van der Waals surface area (Å²) in [5, 5.41) is 2.90. The Labute approximate surface area is 141 Å². The monoisotopic (exact) mass is 319 g/mol. The third kappa shape index (κ3) is 4.32. The lowest BCUT2D eigenvalue weighted by atomic mass is 10.1. The molecule has 0 radical (unpaired) electrons. The van der Waals surface area contributed by atoms with Gasteiger partial charge in [-0.3, -0.25) is 4.79 Å². The Kier molecular flexibility index (Phi) is 5.06. The van der Waals surface area contributed by atoms with Gasteiger partial charge >= 0.3 is 0 Å². The van der Waals surface area contributed by atoms with Gasteiger partial charge in [-0.25, -0.2) is 4.98 Å². The molecule has 24 heavy (non-hydrogen) atoms. The number of aromatic nitrogens is 2. The average Bonchev–Trinajstić information content (AvgIpc) is 3.01. The van der Waals surface area contributed by atoms with Crippen LogP contribution in [0.15, 0.2) is 54.6 Å². The number of nitrogens with one attached hydrogen (secondary N) is 2. The molecule has 0 saturated heterocycles. The zero-order valence-electron chi connectivity index (χ0n) is 13.8. The first-order chi connectivity index (χ1) is 11.7. The Morgan fingerprint density at radius 3 is 2.75 bits per heavy atom. The van der Waals surface area contributed by atoms with Crippen LogP contribution in [-0.2, 0) is 11.2 Å². The van der Waals surface area contributed by atoms with Gasteiger partial charge in [0.1, 0.15) is 5.82 Å². The van der Waals surface area contributed by atoms with Gasteiger partial charge in [-0.15, -0.1) is 0 Å². The second-order valence-electron chi connectivity index (χ2n) is 5.84. The van der Waals surface area contributed by atoms with E-state index >= 15 is 0 Å². The summed E-state index contributed by atoms with van der Waals surface area (Å²) in [4.78, 5) is 19.6. The van der Waals surface area contributed by atoms with Gasteiger partial charge < -0.3 is 10.3 Å². The molecule has 2 aromatic carbocycles. The number of para-hydroxylation sites is 2. The number of hydrogen-bond donors (Lipinski definition) is 2. The van der Waals surface area contributed by atoms with Crippen LogP contribution in [0.3, 0.4) is 0 Å². The summed E-state index contributed by atoms with van der Waals surface area (Å²) in [6, 6.07) is 16.0. The van der Waals surface area contributed by atoms with E-state index in [9.17, 15) is 4.79 Å². The highest BCUT2D eigenvalue weighted by Gasteiger charge is 2.02. The van der Waals surface area contributed by atoms with Crippen LogP contribution in [0.2, 0.25) is 0 Å². The molecule has 1 heterocycles. The fourth-order valence-corrected chi connectivity index (χ4v) is 2.50. The highest BCUT2D eigenvalue weighted by atomic mass is 16.1. The molecule has 122 valence electrons. The van der Waals surface area contributed by atoms with Crippen molar-refractivity contribution in [1.82, 2.24) is 15.3 Å². The molecule has 0 saturated carbocycles. The summed E-state index contributed by atoms with van der Waals surface area (Å²) in [6.07, 6.45) is 5.07. The zero-order chi connectivity index (χ0) is 16.8. The number of imidazole rings is 1. The van der Waals surface area contributed by atoms with E-state index in [2.05, 4.69) is 15.3 Å². The quantitative estimate of drug-likeness (QED) is 0.538. The fraction of sp³-hybridized carbons (Fsp3) is 0.200. The van der Waals surface area contributed by atoms with Crippen molar-refractivity contribution in [3.05, 3.63) is 71.6 Å². The lowest BCUT2D eigenvalue weighted by Gasteiger charge is -2.01. The van der Waals surface area contributed by atoms with Gasteiger partial charge in [0.2, 0.25) is 5.91 Å². The number of H-pyrrole nitrogens is 1. The summed E-state index contributed by atoms with van der Waals surface area (Å²) in [6.45, 7) is 2.68. The van der Waals surface area contributed by atoms with Crippen molar-refractivity contribution in [3.8, 4) is 0 Å². The van der Waals surface area contributed by atoms with Crippen LogP contribution in [0.4, 0.5) is 0 Å². The SMILES string of the molecule is Cc1ccc(/C=C/C(=O)NCCCc2nc3ccccc3[nH]2)cc1. The van der Waals surface area contributed by atoms with Crippen LogP contribution in [-0.4, -0.2) is 22.4 Å². The van der Waals surface area contributed by atoms with Gasteiger partial charge in [-0.2, -0.15) is 0 Å². The number of rotatable bonds is 6. The molecular formula is C20H21N3O. The molecule has 2 N–H and O–H groups in total. The van der Waals surface area contributed by atoms with Crippen molar-refractivity contribution in [1.29, 1.82) is 0 Å². The van der Waals surface area contributed by atoms with Gasteiger partial charge in [0, 0.05) is 19.0 Å². The molecule has 0 fully saturated rings. The van der Waals surface area contributed by atoms with Crippen molar-refractivity contribution in [2.45, 2.75) is 19.8 Å². The molecule has 0 unspecified atom stereocenters. The van der Waals surface area contributed by atoms with E-state index in [1.165, 1.54) is 5.56 Å². The second-order valence-corrected chi connectivity index (χ2v) is 5.84. The number of aryl methyl sites for hydroxylation is 2. The van der Waals surface area contributed by atoms with Crippen molar-refractivity contribution < 1.29 is 4.79 Å². The fourth-order valence-electron chi connectivity index (χ4n) is 2.50. The van der Waals surface area contributed by atoms with E-state index in [1.807, 2.05) is 61.5 Å². The Morgan fingerprint density at radius 1 is 1.17 bits per heavy atom. The molecule has 4 nitrogen and oxygen atoms in total. The minimum atomic E-state index is -0.0693. The summed E-state index contributed by atoms with van der Waals surface area (Å²) in [5.74, 6) is 0.890. The van der Waals surface area contributed by atoms with Crippen LogP contribution in [0.1, 0.15) is 23.4 Å². The van der Waals surface area contributed by atoms with Crippen LogP contribution in [0.5, 0.6) is 0 Å². The molecule has 0 aliphatic heterocycles. The standard InChI is InChI=1S/C20H21N3O/c1-15-8-10-16(11-9-15)12-13-20(24)21-14-4-7-19-22-17-5-2-3-6-18(17)23-19/h2-3,5-6,8-13H,4,7,14H2,1H3,(H,21,24)(H,22,23)/b13-12+. The van der Waals surface area contributed by atoms with Gasteiger partial charge in [-0.05, 0) is 37.1 Å². The average molecular weight is 319 g/mol. The van der Waals surface area contributed by atoms with E-state index < -0.39 is 0 Å². The van der Waals surface area contributed by atoms with Crippen LogP contribution in [0, 0.1) is 6.92 Å². The van der Waals surface area contributed by atoms with Crippen LogP contribution < -0.4 is 5.32 Å². The maximum Gasteiger partial charge on any atom is 0.243 e. The molecule has 0 atom stereocenters. The molecule has 0 aliphatic rings. The molecule has 1 aromatic heterocycles. The molecule has 0 aliphatic carbocycles. The minimum absolute atomic E-state index is 0.0693. The highest BCUT2D eigenvalue weighted by Crippen LogP contribution is 2.11. The minimum Gasteiger partial charge on any atom is -0.353 e. The lowest BCUT2D eigenvalue weighted by molar-refractivity contribution is -0.116. The largest absolute Gasteiger partial charge is 0.353 e. The first kappa shape index (κ1) is 16.0. The predicted octanol–water partition coefficient (Wildman–Crippen LogP) is 3.63. The summed E-state index contributed by atoms with van der Waals surface area (Å²) >= 11 is 0. The van der Waals surface area contributed by atoms with E-state index in [-0.39, 0.29) is 5.91 Å². The smallest absolute Gasteiger partial charge is 0.243 e. The molecule has 3 rings (SSSR count). The van der Waals surface area contributed by atoms with Gasteiger partial charge in [0.05, 0.1) is 11.0 Å². The molecule has 0 spiro atoms. The third-order valence-electron chi connectivity index (χ3n) is 3.83. The second kappa shape index (κ2) is 7.59. The van der Waals surface area contributed by atoms with E-state index in [0.717, 1.165) is 35.3 Å². The third-order valence-corrected chi connectivity index (χ3v) is 3.83. The molecule has 3 aromatic rings.